The predicted octanol–water partition coefficient (Wildman–Crippen LogP) is 5.01. The van der Waals surface area contributed by atoms with Crippen LogP contribution in [0.3, 0.4) is 0 Å². The fraction of sp³-hybridized carbons (Fsp3) is 0.393. The zero-order valence-electron chi connectivity index (χ0n) is 21.9. The molecule has 0 aliphatic carbocycles. The molecule has 10 heteroatoms. The Hall–Kier alpha value is -3.37. The predicted molar refractivity (Wildman–Crippen MR) is 145 cm³/mol. The van der Waals surface area contributed by atoms with Crippen LogP contribution in [0.2, 0.25) is 0 Å². The summed E-state index contributed by atoms with van der Waals surface area (Å²) in [5.41, 5.74) is 5.16. The van der Waals surface area contributed by atoms with E-state index in [4.69, 9.17) is 19.0 Å². The van der Waals surface area contributed by atoms with Crippen LogP contribution in [0, 0.1) is 19.7 Å². The average molecular weight is 539 g/mol. The largest absolute Gasteiger partial charge is 0.494 e. The number of amides is 1. The molecule has 3 heterocycles. The number of halogens is 1. The molecule has 38 heavy (non-hydrogen) atoms. The number of nitrogens with zero attached hydrogens (tertiary/aromatic N) is 3. The van der Waals surface area contributed by atoms with Gasteiger partial charge in [0.1, 0.15) is 18.1 Å². The van der Waals surface area contributed by atoms with E-state index in [1.54, 1.807) is 17.8 Å². The Morgan fingerprint density at radius 3 is 2.79 bits per heavy atom. The Morgan fingerprint density at radius 1 is 1.29 bits per heavy atom. The lowest BCUT2D eigenvalue weighted by Crippen LogP contribution is -2.37. The maximum Gasteiger partial charge on any atom is 0.240 e. The summed E-state index contributed by atoms with van der Waals surface area (Å²) in [6.45, 7) is 5.11. The summed E-state index contributed by atoms with van der Waals surface area (Å²) in [7, 11) is 1.45. The summed E-state index contributed by atoms with van der Waals surface area (Å²) < 4.78 is 32.3. The van der Waals surface area contributed by atoms with Gasteiger partial charge < -0.3 is 23.9 Å². The van der Waals surface area contributed by atoms with Crippen molar-refractivity contribution >= 4 is 28.7 Å². The number of ether oxygens (including phenoxy) is 2. The highest BCUT2D eigenvalue weighted by molar-refractivity contribution is 7.98. The lowest BCUT2D eigenvalue weighted by molar-refractivity contribution is -0.122. The molecule has 1 aliphatic heterocycles. The molecule has 2 atom stereocenters. The van der Waals surface area contributed by atoms with E-state index in [0.29, 0.717) is 19.6 Å². The number of aromatic nitrogens is 3. The van der Waals surface area contributed by atoms with Gasteiger partial charge in [-0.1, -0.05) is 17.3 Å². The standard InChI is InChI=1S/C28H31FN4O4S/c1-16-27(17(2)37-32-16)19-6-7-23-22(13-19)31-28(33(23)14-26(34)30-20-9-10-36-15-20)25(38-4)12-18-5-8-24(35-3)21(29)11-18/h5-8,11,13,20,25H,9-10,12,14-15H2,1-4H3,(H,30,34). The molecule has 5 rings (SSSR count). The minimum Gasteiger partial charge on any atom is -0.494 e. The first-order chi connectivity index (χ1) is 18.4. The highest BCUT2D eigenvalue weighted by atomic mass is 32.2. The molecule has 1 amide bonds. The van der Waals surface area contributed by atoms with E-state index in [1.165, 1.54) is 13.2 Å². The maximum atomic E-state index is 14.4. The van der Waals surface area contributed by atoms with Crippen molar-refractivity contribution < 1.29 is 23.2 Å². The molecule has 1 fully saturated rings. The smallest absolute Gasteiger partial charge is 0.240 e. The first kappa shape index (κ1) is 26.2. The number of carbonyl (C=O) groups is 1. The van der Waals surface area contributed by atoms with Gasteiger partial charge in [0, 0.05) is 12.2 Å². The van der Waals surface area contributed by atoms with Crippen LogP contribution in [0.15, 0.2) is 40.9 Å². The maximum absolute atomic E-state index is 14.4. The lowest BCUT2D eigenvalue weighted by Gasteiger charge is -2.18. The van der Waals surface area contributed by atoms with E-state index >= 15 is 0 Å². The van der Waals surface area contributed by atoms with Crippen LogP contribution >= 0.6 is 11.8 Å². The Balaban J connectivity index is 1.53. The van der Waals surface area contributed by atoms with E-state index in [9.17, 15) is 9.18 Å². The van der Waals surface area contributed by atoms with E-state index in [1.807, 2.05) is 48.9 Å². The molecular weight excluding hydrogens is 507 g/mol. The topological polar surface area (TPSA) is 91.4 Å². The van der Waals surface area contributed by atoms with Crippen molar-refractivity contribution in [3.05, 3.63) is 65.1 Å². The van der Waals surface area contributed by atoms with Gasteiger partial charge in [-0.3, -0.25) is 4.79 Å². The highest BCUT2D eigenvalue weighted by Gasteiger charge is 2.25. The van der Waals surface area contributed by atoms with Gasteiger partial charge >= 0.3 is 0 Å². The lowest BCUT2D eigenvalue weighted by atomic mass is 10.0. The fourth-order valence-electron chi connectivity index (χ4n) is 5.01. The first-order valence-corrected chi connectivity index (χ1v) is 13.8. The summed E-state index contributed by atoms with van der Waals surface area (Å²) in [6, 6.07) is 11.0. The number of benzene rings is 2. The monoisotopic (exact) mass is 538 g/mol. The molecule has 2 unspecified atom stereocenters. The van der Waals surface area contributed by atoms with Crippen LogP contribution < -0.4 is 10.1 Å². The average Bonchev–Trinajstić information content (AvgIpc) is 3.62. The van der Waals surface area contributed by atoms with Gasteiger partial charge in [0.25, 0.3) is 0 Å². The molecule has 0 spiro atoms. The quantitative estimate of drug-likeness (QED) is 0.320. The van der Waals surface area contributed by atoms with Gasteiger partial charge in [0.2, 0.25) is 5.91 Å². The number of thioether (sulfide) groups is 1. The number of methoxy groups -OCH3 is 1. The number of carbonyl (C=O) groups excluding carboxylic acids is 1. The molecule has 0 saturated carbocycles. The molecule has 0 bridgehead atoms. The molecule has 2 aromatic heterocycles. The number of hydrogen-bond donors (Lipinski definition) is 1. The van der Waals surface area contributed by atoms with Crippen LogP contribution in [-0.2, 0) is 22.5 Å². The SMILES string of the molecule is COc1ccc(CC(SC)c2nc3cc(-c4c(C)noc4C)ccc3n2CC(=O)NC2CCOC2)cc1F. The van der Waals surface area contributed by atoms with Crippen molar-refractivity contribution in [1.29, 1.82) is 0 Å². The number of fused-ring (bicyclic) bond motifs is 1. The van der Waals surface area contributed by atoms with Gasteiger partial charge in [-0.2, -0.15) is 11.8 Å². The number of nitrogens with one attached hydrogen (secondary N) is 1. The first-order valence-electron chi connectivity index (χ1n) is 12.5. The molecule has 1 aliphatic rings. The number of aryl methyl sites for hydroxylation is 2. The second kappa shape index (κ2) is 11.2. The molecule has 2 aromatic carbocycles. The second-order valence-corrected chi connectivity index (χ2v) is 10.5. The Bertz CT molecular complexity index is 1440. The van der Waals surface area contributed by atoms with Crippen molar-refractivity contribution in [1.82, 2.24) is 20.0 Å². The Morgan fingerprint density at radius 2 is 2.13 bits per heavy atom. The zero-order chi connectivity index (χ0) is 26.8. The summed E-state index contributed by atoms with van der Waals surface area (Å²) in [4.78, 5) is 18.1. The van der Waals surface area contributed by atoms with Crippen molar-refractivity contribution in [3.63, 3.8) is 0 Å². The number of imidazole rings is 1. The molecule has 4 aromatic rings. The van der Waals surface area contributed by atoms with E-state index in [0.717, 1.165) is 51.4 Å². The van der Waals surface area contributed by atoms with Gasteiger partial charge in [-0.25, -0.2) is 9.37 Å². The third-order valence-electron chi connectivity index (χ3n) is 6.91. The molecule has 1 N–H and O–H groups in total. The van der Waals surface area contributed by atoms with Crippen molar-refractivity contribution in [2.45, 2.75) is 44.5 Å². The Kier molecular flexibility index (Phi) is 7.71. The van der Waals surface area contributed by atoms with Crippen molar-refractivity contribution in [2.75, 3.05) is 26.6 Å². The normalized spacial score (nSPS) is 16.2. The summed E-state index contributed by atoms with van der Waals surface area (Å²) in [5.74, 6) is 1.22. The zero-order valence-corrected chi connectivity index (χ0v) is 22.7. The molecule has 1 saturated heterocycles. The third kappa shape index (κ3) is 5.28. The number of hydrogen-bond acceptors (Lipinski definition) is 7. The summed E-state index contributed by atoms with van der Waals surface area (Å²) in [6.07, 6.45) is 3.35. The Labute approximate surface area is 224 Å². The van der Waals surface area contributed by atoms with Gasteiger partial charge in [0.15, 0.2) is 11.6 Å². The van der Waals surface area contributed by atoms with Crippen LogP contribution in [0.25, 0.3) is 22.2 Å². The van der Waals surface area contributed by atoms with Gasteiger partial charge in [-0.05, 0) is 68.3 Å². The van der Waals surface area contributed by atoms with Gasteiger partial charge in [0.05, 0.1) is 41.7 Å². The van der Waals surface area contributed by atoms with E-state index < -0.39 is 5.82 Å². The molecule has 8 nitrogen and oxygen atoms in total. The highest BCUT2D eigenvalue weighted by Crippen LogP contribution is 2.35. The second-order valence-electron chi connectivity index (χ2n) is 9.48. The summed E-state index contributed by atoms with van der Waals surface area (Å²) in [5, 5.41) is 7.05. The van der Waals surface area contributed by atoms with Gasteiger partial charge in [-0.15, -0.1) is 0 Å². The molecule has 200 valence electrons. The molecular formula is C28H31FN4O4S. The van der Waals surface area contributed by atoms with Crippen LogP contribution in [0.5, 0.6) is 5.75 Å². The van der Waals surface area contributed by atoms with Crippen molar-refractivity contribution in [3.8, 4) is 16.9 Å². The fourth-order valence-corrected chi connectivity index (χ4v) is 5.76. The van der Waals surface area contributed by atoms with Crippen LogP contribution in [0.4, 0.5) is 4.39 Å². The van der Waals surface area contributed by atoms with E-state index in [-0.39, 0.29) is 29.5 Å². The van der Waals surface area contributed by atoms with Crippen LogP contribution in [0.1, 0.15) is 34.5 Å². The summed E-state index contributed by atoms with van der Waals surface area (Å²) >= 11 is 1.62. The number of rotatable bonds is 9. The minimum absolute atomic E-state index is 0.0190. The van der Waals surface area contributed by atoms with Crippen molar-refractivity contribution in [2.24, 2.45) is 0 Å². The molecule has 0 radical (unpaired) electrons. The minimum atomic E-state index is -0.402. The van der Waals surface area contributed by atoms with Crippen LogP contribution in [-0.4, -0.2) is 53.2 Å². The third-order valence-corrected chi connectivity index (χ3v) is 7.85. The van der Waals surface area contributed by atoms with E-state index in [2.05, 4.69) is 10.5 Å².